The van der Waals surface area contributed by atoms with E-state index in [1.54, 1.807) is 0 Å². The lowest BCUT2D eigenvalue weighted by atomic mass is 9.82. The minimum Gasteiger partial charge on any atom is -0.340 e. The second kappa shape index (κ2) is 14.6. The number of likely N-dealkylation sites (tertiary alicyclic amines) is 2. The number of aromatic nitrogens is 4. The van der Waals surface area contributed by atoms with Crippen molar-refractivity contribution in [1.82, 2.24) is 29.7 Å². The van der Waals surface area contributed by atoms with E-state index in [1.807, 2.05) is 6.20 Å². The predicted octanol–water partition coefficient (Wildman–Crippen LogP) is 10.4. The van der Waals surface area contributed by atoms with Crippen molar-refractivity contribution in [2.75, 3.05) is 6.54 Å². The summed E-state index contributed by atoms with van der Waals surface area (Å²) in [5.74, 6) is 3.28. The Bertz CT molecular complexity index is 2190. The molecule has 2 saturated heterocycles. The summed E-state index contributed by atoms with van der Waals surface area (Å²) in [6.45, 7) is 7.23. The van der Waals surface area contributed by atoms with Gasteiger partial charge in [-0.25, -0.2) is 9.97 Å². The summed E-state index contributed by atoms with van der Waals surface area (Å²) in [6, 6.07) is 16.1. The topological polar surface area (TPSA) is 98.0 Å². The van der Waals surface area contributed by atoms with Crippen molar-refractivity contribution in [2.45, 2.75) is 135 Å². The van der Waals surface area contributed by atoms with Crippen LogP contribution in [0.4, 0.5) is 0 Å². The molecule has 0 spiro atoms. The van der Waals surface area contributed by atoms with Crippen molar-refractivity contribution in [2.24, 2.45) is 11.8 Å². The zero-order chi connectivity index (χ0) is 36.9. The van der Waals surface area contributed by atoms with Gasteiger partial charge in [0, 0.05) is 36.4 Å². The second-order valence-electron chi connectivity index (χ2n) is 17.3. The third-order valence-electron chi connectivity index (χ3n) is 13.1. The van der Waals surface area contributed by atoms with Gasteiger partial charge in [0.05, 0.1) is 35.0 Å². The van der Waals surface area contributed by atoms with Crippen LogP contribution in [0.1, 0.15) is 139 Å². The molecule has 0 radical (unpaired) electrons. The highest BCUT2D eigenvalue weighted by atomic mass is 16.2. The molecule has 2 amide bonds. The lowest BCUT2D eigenvalue weighted by molar-refractivity contribution is -0.135. The van der Waals surface area contributed by atoms with E-state index in [0.717, 1.165) is 78.8 Å². The molecule has 1 unspecified atom stereocenters. The Labute approximate surface area is 319 Å². The zero-order valence-corrected chi connectivity index (χ0v) is 32.4. The minimum absolute atomic E-state index is 0.00482. The zero-order valence-electron chi connectivity index (χ0n) is 32.4. The first-order valence-corrected chi connectivity index (χ1v) is 21.1. The average molecular weight is 725 g/mol. The van der Waals surface area contributed by atoms with Crippen molar-refractivity contribution >= 4 is 33.6 Å². The Morgan fingerprint density at radius 3 is 2.41 bits per heavy atom. The number of hydrogen-bond donors (Lipinski definition) is 2. The number of nitrogens with one attached hydrogen (secondary N) is 2. The Morgan fingerprint density at radius 2 is 1.59 bits per heavy atom. The van der Waals surface area contributed by atoms with Gasteiger partial charge in [0.2, 0.25) is 11.8 Å². The van der Waals surface area contributed by atoms with E-state index in [2.05, 4.69) is 83.0 Å². The number of amides is 2. The molecule has 2 aromatic heterocycles. The molecule has 282 valence electrons. The van der Waals surface area contributed by atoms with Crippen molar-refractivity contribution < 1.29 is 9.59 Å². The molecule has 4 aliphatic rings. The van der Waals surface area contributed by atoms with E-state index >= 15 is 0 Å². The van der Waals surface area contributed by atoms with Crippen LogP contribution in [0.25, 0.3) is 44.2 Å². The maximum atomic E-state index is 13.5. The van der Waals surface area contributed by atoms with Crippen molar-refractivity contribution in [3.05, 3.63) is 71.4 Å². The number of carbonyl (C=O) groups is 2. The summed E-state index contributed by atoms with van der Waals surface area (Å²) < 4.78 is 0. The quantitative estimate of drug-likeness (QED) is 0.166. The molecule has 54 heavy (non-hydrogen) atoms. The average Bonchev–Trinajstić information content (AvgIpc) is 4.00. The highest BCUT2D eigenvalue weighted by Crippen LogP contribution is 2.41. The number of carbonyl (C=O) groups excluding carboxylic acids is 2. The van der Waals surface area contributed by atoms with Gasteiger partial charge >= 0.3 is 0 Å². The summed E-state index contributed by atoms with van der Waals surface area (Å²) in [6.07, 6.45) is 18.0. The van der Waals surface area contributed by atoms with Crippen molar-refractivity contribution in [1.29, 1.82) is 0 Å². The van der Waals surface area contributed by atoms with Crippen molar-refractivity contribution in [3.8, 4) is 22.4 Å². The molecular weight excluding hydrogens is 669 g/mol. The molecule has 8 nitrogen and oxygen atoms in total. The van der Waals surface area contributed by atoms with Crippen LogP contribution < -0.4 is 0 Å². The Kier molecular flexibility index (Phi) is 9.56. The molecule has 3 aromatic carbocycles. The van der Waals surface area contributed by atoms with Crippen LogP contribution in [0.15, 0.2) is 48.7 Å². The fourth-order valence-electron chi connectivity index (χ4n) is 10.4. The summed E-state index contributed by atoms with van der Waals surface area (Å²) in [4.78, 5) is 48.4. The van der Waals surface area contributed by atoms with E-state index < -0.39 is 0 Å². The number of nitrogens with zero attached hydrogens (tertiary/aromatic N) is 4. The van der Waals surface area contributed by atoms with Gasteiger partial charge < -0.3 is 19.8 Å². The summed E-state index contributed by atoms with van der Waals surface area (Å²) in [5.41, 5.74) is 9.75. The van der Waals surface area contributed by atoms with Crippen LogP contribution in [0.5, 0.6) is 0 Å². The number of hydrogen-bond acceptors (Lipinski definition) is 4. The van der Waals surface area contributed by atoms with E-state index in [1.165, 1.54) is 78.1 Å². The van der Waals surface area contributed by atoms with E-state index in [-0.39, 0.29) is 24.0 Å². The van der Waals surface area contributed by atoms with E-state index in [9.17, 15) is 9.59 Å². The van der Waals surface area contributed by atoms with Crippen LogP contribution in [0.3, 0.4) is 0 Å². The molecule has 9 rings (SSSR count). The standard InChI is InChI=1S/C46H56N6O2/c1-28(2)24-43(54)52-29(3)15-22-41(52)46-48-38-21-17-32-26-31(16-18-34(32)44(38)50-46)33-19-20-37(36-13-8-7-12-35(33)36)39-27-47-45(49-39)40-14-9-23-51(40)42(53)25-30-10-5-4-6-11-30/h16-21,26-30,40-41H,4-15,22-25H2,1-3H3,(H,47,49)(H,48,50)/t29?,40-,41-/m0/s1. The van der Waals surface area contributed by atoms with Crippen LogP contribution in [-0.4, -0.2) is 54.1 Å². The van der Waals surface area contributed by atoms with Gasteiger partial charge in [-0.2, -0.15) is 0 Å². The van der Waals surface area contributed by atoms with Crippen LogP contribution in [0, 0.1) is 11.8 Å². The molecule has 8 heteroatoms. The molecular formula is C46H56N6O2. The van der Waals surface area contributed by atoms with Gasteiger partial charge in [0.25, 0.3) is 0 Å². The lowest BCUT2D eigenvalue weighted by Crippen LogP contribution is -2.36. The molecule has 3 atom stereocenters. The first-order valence-electron chi connectivity index (χ1n) is 21.1. The molecule has 3 fully saturated rings. The fraction of sp³-hybridized carbons (Fsp3) is 0.522. The summed E-state index contributed by atoms with van der Waals surface area (Å²) in [7, 11) is 0. The van der Waals surface area contributed by atoms with E-state index in [4.69, 9.17) is 9.97 Å². The van der Waals surface area contributed by atoms with E-state index in [0.29, 0.717) is 30.6 Å². The Morgan fingerprint density at radius 1 is 0.796 bits per heavy atom. The summed E-state index contributed by atoms with van der Waals surface area (Å²) >= 11 is 0. The minimum atomic E-state index is -0.00482. The third kappa shape index (κ3) is 6.53. The number of aromatic amines is 2. The Hall–Kier alpha value is -4.46. The highest BCUT2D eigenvalue weighted by molar-refractivity contribution is 6.05. The number of imidazole rings is 2. The highest BCUT2D eigenvalue weighted by Gasteiger charge is 2.37. The number of benzene rings is 3. The van der Waals surface area contributed by atoms with Crippen LogP contribution in [0.2, 0.25) is 0 Å². The lowest BCUT2D eigenvalue weighted by Gasteiger charge is -2.28. The predicted molar refractivity (Wildman–Crippen MR) is 216 cm³/mol. The molecule has 0 bridgehead atoms. The maximum Gasteiger partial charge on any atom is 0.223 e. The first-order chi connectivity index (χ1) is 26.3. The van der Waals surface area contributed by atoms with Crippen LogP contribution in [-0.2, 0) is 22.4 Å². The normalized spacial score (nSPS) is 22.2. The second-order valence-corrected chi connectivity index (χ2v) is 17.3. The number of H-pyrrole nitrogens is 2. The maximum absolute atomic E-state index is 13.5. The molecule has 4 heterocycles. The third-order valence-corrected chi connectivity index (χ3v) is 13.1. The van der Waals surface area contributed by atoms with Gasteiger partial charge in [-0.1, -0.05) is 63.4 Å². The molecule has 5 aromatic rings. The SMILES string of the molecule is CC(C)CC(=O)N1C(C)CC[C@H]1c1nc2c(ccc3cc(-c4ccc(-c5cnc([C@@H]6CCCN6C(=O)CC6CCCCC6)[nH]5)c5c4CCCC5)ccc32)[nH]1. The van der Waals surface area contributed by atoms with Gasteiger partial charge in [-0.15, -0.1) is 0 Å². The molecule has 2 aliphatic carbocycles. The van der Waals surface area contributed by atoms with Gasteiger partial charge in [0.1, 0.15) is 11.6 Å². The van der Waals surface area contributed by atoms with Gasteiger partial charge in [0.15, 0.2) is 0 Å². The molecule has 2 aliphatic heterocycles. The van der Waals surface area contributed by atoms with Gasteiger partial charge in [-0.3, -0.25) is 9.59 Å². The first kappa shape index (κ1) is 35.3. The molecule has 1 saturated carbocycles. The van der Waals surface area contributed by atoms with Crippen molar-refractivity contribution in [3.63, 3.8) is 0 Å². The Balaban J connectivity index is 0.987. The largest absolute Gasteiger partial charge is 0.340 e. The number of rotatable bonds is 8. The van der Waals surface area contributed by atoms with Crippen LogP contribution >= 0.6 is 0 Å². The number of fused-ring (bicyclic) bond motifs is 4. The summed E-state index contributed by atoms with van der Waals surface area (Å²) in [5, 5.41) is 2.31. The monoisotopic (exact) mass is 724 g/mol. The smallest absolute Gasteiger partial charge is 0.223 e. The fourth-order valence-corrected chi connectivity index (χ4v) is 10.4. The molecule has 2 N–H and O–H groups in total. The van der Waals surface area contributed by atoms with Gasteiger partial charge in [-0.05, 0) is 123 Å².